The molecule has 3 heteroatoms. The third kappa shape index (κ3) is 2.74. The average molecular weight is 247 g/mol. The van der Waals surface area contributed by atoms with Gasteiger partial charge in [0.15, 0.2) is 4.34 Å². The van der Waals surface area contributed by atoms with Gasteiger partial charge in [0, 0.05) is 16.7 Å². The van der Waals surface area contributed by atoms with Crippen LogP contribution in [0, 0.1) is 6.92 Å². The quantitative estimate of drug-likeness (QED) is 0.587. The van der Waals surface area contributed by atoms with Crippen molar-refractivity contribution in [1.82, 2.24) is 4.98 Å². The molecule has 1 nitrogen and oxygen atoms in total. The fraction of sp³-hybridized carbons (Fsp3) is 0.154. The Bertz CT molecular complexity index is 471. The maximum atomic E-state index is 4.58. The number of benzene rings is 1. The first-order valence-electron chi connectivity index (χ1n) is 5.06. The topological polar surface area (TPSA) is 12.9 Å². The van der Waals surface area contributed by atoms with Crippen molar-refractivity contribution in [2.24, 2.45) is 0 Å². The van der Waals surface area contributed by atoms with Gasteiger partial charge >= 0.3 is 0 Å². The SMILES string of the molecule is C=CCSc1nc(-c2ccc(C)cc2)cs1. The van der Waals surface area contributed by atoms with Crippen molar-refractivity contribution in [1.29, 1.82) is 0 Å². The maximum Gasteiger partial charge on any atom is 0.150 e. The van der Waals surface area contributed by atoms with Crippen LogP contribution in [0.2, 0.25) is 0 Å². The van der Waals surface area contributed by atoms with E-state index in [9.17, 15) is 0 Å². The highest BCUT2D eigenvalue weighted by atomic mass is 32.2. The zero-order valence-electron chi connectivity index (χ0n) is 9.14. The van der Waals surface area contributed by atoms with Gasteiger partial charge < -0.3 is 0 Å². The minimum Gasteiger partial charge on any atom is -0.230 e. The Labute approximate surface area is 104 Å². The van der Waals surface area contributed by atoms with Crippen molar-refractivity contribution in [3.63, 3.8) is 0 Å². The molecule has 0 aliphatic heterocycles. The van der Waals surface area contributed by atoms with Gasteiger partial charge in [-0.1, -0.05) is 47.7 Å². The molecule has 0 saturated carbocycles. The van der Waals surface area contributed by atoms with Crippen LogP contribution in [0.25, 0.3) is 11.3 Å². The highest BCUT2D eigenvalue weighted by molar-refractivity contribution is 8.01. The minimum atomic E-state index is 0.918. The van der Waals surface area contributed by atoms with E-state index in [0.717, 1.165) is 15.8 Å². The van der Waals surface area contributed by atoms with Gasteiger partial charge in [-0.3, -0.25) is 0 Å². The zero-order chi connectivity index (χ0) is 11.4. The van der Waals surface area contributed by atoms with E-state index in [0.29, 0.717) is 0 Å². The van der Waals surface area contributed by atoms with Crippen LogP contribution in [0.15, 0.2) is 46.6 Å². The fourth-order valence-electron chi connectivity index (χ4n) is 1.31. The van der Waals surface area contributed by atoms with Gasteiger partial charge in [0.05, 0.1) is 5.69 Å². The minimum absolute atomic E-state index is 0.918. The Balaban J connectivity index is 2.17. The molecule has 0 N–H and O–H groups in total. The van der Waals surface area contributed by atoms with Gasteiger partial charge in [0.1, 0.15) is 0 Å². The van der Waals surface area contributed by atoms with Gasteiger partial charge in [0.25, 0.3) is 0 Å². The van der Waals surface area contributed by atoms with E-state index in [-0.39, 0.29) is 0 Å². The molecule has 0 spiro atoms. The molecule has 2 aromatic rings. The summed E-state index contributed by atoms with van der Waals surface area (Å²) >= 11 is 3.42. The van der Waals surface area contributed by atoms with E-state index in [1.807, 2.05) is 6.08 Å². The molecule has 0 saturated heterocycles. The van der Waals surface area contributed by atoms with Gasteiger partial charge in [-0.25, -0.2) is 4.98 Å². The monoisotopic (exact) mass is 247 g/mol. The van der Waals surface area contributed by atoms with E-state index in [1.165, 1.54) is 11.1 Å². The van der Waals surface area contributed by atoms with Crippen LogP contribution in [0.5, 0.6) is 0 Å². The average Bonchev–Trinajstić information content (AvgIpc) is 2.76. The summed E-state index contributed by atoms with van der Waals surface area (Å²) in [5.74, 6) is 0.918. The number of hydrogen-bond acceptors (Lipinski definition) is 3. The number of nitrogens with zero attached hydrogens (tertiary/aromatic N) is 1. The largest absolute Gasteiger partial charge is 0.230 e. The van der Waals surface area contributed by atoms with Crippen LogP contribution in [-0.4, -0.2) is 10.7 Å². The molecule has 16 heavy (non-hydrogen) atoms. The highest BCUT2D eigenvalue weighted by Crippen LogP contribution is 2.28. The van der Waals surface area contributed by atoms with Crippen molar-refractivity contribution >= 4 is 23.1 Å². The van der Waals surface area contributed by atoms with Crippen LogP contribution in [-0.2, 0) is 0 Å². The molecule has 82 valence electrons. The van der Waals surface area contributed by atoms with E-state index in [4.69, 9.17) is 0 Å². The summed E-state index contributed by atoms with van der Waals surface area (Å²) in [6.45, 7) is 5.80. The molecule has 0 atom stereocenters. The number of aromatic nitrogens is 1. The number of rotatable bonds is 4. The van der Waals surface area contributed by atoms with E-state index >= 15 is 0 Å². The Morgan fingerprint density at radius 3 is 2.81 bits per heavy atom. The Hall–Kier alpha value is -1.06. The van der Waals surface area contributed by atoms with Crippen LogP contribution in [0.4, 0.5) is 0 Å². The van der Waals surface area contributed by atoms with E-state index < -0.39 is 0 Å². The molecule has 0 amide bonds. The number of thioether (sulfide) groups is 1. The maximum absolute atomic E-state index is 4.58. The molecular formula is C13H13NS2. The summed E-state index contributed by atoms with van der Waals surface area (Å²) in [7, 11) is 0. The molecule has 1 aromatic heterocycles. The van der Waals surface area contributed by atoms with Gasteiger partial charge in [-0.15, -0.1) is 17.9 Å². The second-order valence-corrected chi connectivity index (χ2v) is 5.59. The predicted octanol–water partition coefficient (Wildman–Crippen LogP) is 4.40. The van der Waals surface area contributed by atoms with Crippen molar-refractivity contribution in [3.8, 4) is 11.3 Å². The lowest BCUT2D eigenvalue weighted by Crippen LogP contribution is -1.79. The number of aryl methyl sites for hydroxylation is 1. The summed E-state index contributed by atoms with van der Waals surface area (Å²) in [6.07, 6.45) is 1.90. The molecule has 0 aliphatic rings. The Kier molecular flexibility index (Phi) is 3.80. The lowest BCUT2D eigenvalue weighted by Gasteiger charge is -1.96. The van der Waals surface area contributed by atoms with Crippen LogP contribution in [0.1, 0.15) is 5.56 Å². The molecule has 2 rings (SSSR count). The first-order valence-corrected chi connectivity index (χ1v) is 6.92. The predicted molar refractivity (Wildman–Crippen MR) is 73.2 cm³/mol. The van der Waals surface area contributed by atoms with Crippen molar-refractivity contribution < 1.29 is 0 Å². The molecule has 0 fully saturated rings. The lowest BCUT2D eigenvalue weighted by molar-refractivity contribution is 1.25. The molecule has 0 radical (unpaired) electrons. The molecule has 0 unspecified atom stereocenters. The zero-order valence-corrected chi connectivity index (χ0v) is 10.8. The number of hydrogen-bond donors (Lipinski definition) is 0. The fourth-order valence-corrected chi connectivity index (χ4v) is 2.91. The second kappa shape index (κ2) is 5.32. The molecule has 1 aromatic carbocycles. The molecule has 0 bridgehead atoms. The Morgan fingerprint density at radius 1 is 1.38 bits per heavy atom. The van der Waals surface area contributed by atoms with Crippen molar-refractivity contribution in [3.05, 3.63) is 47.9 Å². The summed E-state index contributed by atoms with van der Waals surface area (Å²) in [5.41, 5.74) is 3.53. The first-order chi connectivity index (χ1) is 7.79. The second-order valence-electron chi connectivity index (χ2n) is 3.46. The van der Waals surface area contributed by atoms with E-state index in [1.54, 1.807) is 23.1 Å². The highest BCUT2D eigenvalue weighted by Gasteiger charge is 2.03. The smallest absolute Gasteiger partial charge is 0.150 e. The molecule has 0 aliphatic carbocycles. The number of thiazole rings is 1. The van der Waals surface area contributed by atoms with Gasteiger partial charge in [-0.05, 0) is 6.92 Å². The van der Waals surface area contributed by atoms with Gasteiger partial charge in [-0.2, -0.15) is 0 Å². The Morgan fingerprint density at radius 2 is 2.12 bits per heavy atom. The van der Waals surface area contributed by atoms with Crippen LogP contribution >= 0.6 is 23.1 Å². The standard InChI is InChI=1S/C13H13NS2/c1-3-8-15-13-14-12(9-16-13)11-6-4-10(2)5-7-11/h3-7,9H,1,8H2,2H3. The van der Waals surface area contributed by atoms with Crippen LogP contribution < -0.4 is 0 Å². The summed E-state index contributed by atoms with van der Waals surface area (Å²) in [6, 6.07) is 8.47. The summed E-state index contributed by atoms with van der Waals surface area (Å²) < 4.78 is 1.11. The van der Waals surface area contributed by atoms with Crippen molar-refractivity contribution in [2.45, 2.75) is 11.3 Å². The van der Waals surface area contributed by atoms with Gasteiger partial charge in [0.2, 0.25) is 0 Å². The first kappa shape index (κ1) is 11.4. The summed E-state index contributed by atoms with van der Waals surface area (Å²) in [5, 5.41) is 2.11. The van der Waals surface area contributed by atoms with Crippen LogP contribution in [0.3, 0.4) is 0 Å². The van der Waals surface area contributed by atoms with E-state index in [2.05, 4.69) is 48.1 Å². The summed E-state index contributed by atoms with van der Waals surface area (Å²) in [4.78, 5) is 4.58. The molecule has 1 heterocycles. The molecular weight excluding hydrogens is 234 g/mol. The lowest BCUT2D eigenvalue weighted by atomic mass is 10.1. The van der Waals surface area contributed by atoms with Crippen molar-refractivity contribution in [2.75, 3.05) is 5.75 Å². The normalized spacial score (nSPS) is 10.3. The third-order valence-electron chi connectivity index (χ3n) is 2.16. The third-order valence-corrected chi connectivity index (χ3v) is 4.17.